The summed E-state index contributed by atoms with van der Waals surface area (Å²) in [7, 11) is 0. The third-order valence-electron chi connectivity index (χ3n) is 6.67. The highest BCUT2D eigenvalue weighted by Crippen LogP contribution is 2.42. The van der Waals surface area contributed by atoms with E-state index in [1.165, 1.54) is 12.1 Å². The lowest BCUT2D eigenvalue weighted by atomic mass is 9.73. The number of likely N-dealkylation sites (tertiary alicyclic amines) is 1. The van der Waals surface area contributed by atoms with Crippen molar-refractivity contribution in [2.24, 2.45) is 11.8 Å². The zero-order valence-corrected chi connectivity index (χ0v) is 17.5. The van der Waals surface area contributed by atoms with Crippen LogP contribution in [0.4, 0.5) is 8.78 Å². The smallest absolute Gasteiger partial charge is 0.267 e. The van der Waals surface area contributed by atoms with Gasteiger partial charge in [0.25, 0.3) is 11.5 Å². The first-order valence-corrected chi connectivity index (χ1v) is 10.9. The number of amides is 1. The Morgan fingerprint density at radius 3 is 2.19 bits per heavy atom. The van der Waals surface area contributed by atoms with Gasteiger partial charge in [0.2, 0.25) is 0 Å². The van der Waals surface area contributed by atoms with Crippen LogP contribution in [-0.2, 0) is 0 Å². The van der Waals surface area contributed by atoms with Crippen LogP contribution in [0.15, 0.2) is 65.5 Å². The van der Waals surface area contributed by atoms with Gasteiger partial charge in [0, 0.05) is 24.7 Å². The second kappa shape index (κ2) is 8.30. The molecule has 1 saturated heterocycles. The lowest BCUT2D eigenvalue weighted by Gasteiger charge is -2.47. The van der Waals surface area contributed by atoms with E-state index in [-0.39, 0.29) is 23.4 Å². The molecule has 7 heteroatoms. The number of aromatic nitrogens is 2. The fraction of sp³-hybridized carbons (Fsp3) is 0.320. The van der Waals surface area contributed by atoms with Crippen LogP contribution in [0.2, 0.25) is 0 Å². The Hall–Kier alpha value is -3.35. The number of rotatable bonds is 3. The number of halogens is 2. The van der Waals surface area contributed by atoms with Crippen LogP contribution >= 0.6 is 0 Å². The molecule has 3 aromatic rings. The first-order chi connectivity index (χ1) is 15.5. The molecule has 164 valence electrons. The summed E-state index contributed by atoms with van der Waals surface area (Å²) in [4.78, 5) is 27.3. The third-order valence-corrected chi connectivity index (χ3v) is 6.67. The van der Waals surface area contributed by atoms with Gasteiger partial charge < -0.3 is 4.90 Å². The number of hydrogen-bond acceptors (Lipinski definition) is 3. The van der Waals surface area contributed by atoms with Gasteiger partial charge >= 0.3 is 0 Å². The summed E-state index contributed by atoms with van der Waals surface area (Å²) >= 11 is 0. The highest BCUT2D eigenvalue weighted by atomic mass is 19.1. The molecule has 1 amide bonds. The van der Waals surface area contributed by atoms with E-state index in [9.17, 15) is 18.4 Å². The Bertz CT molecular complexity index is 1180. The molecule has 1 saturated carbocycles. The van der Waals surface area contributed by atoms with Gasteiger partial charge in [-0.05, 0) is 42.9 Å². The van der Waals surface area contributed by atoms with E-state index >= 15 is 0 Å². The van der Waals surface area contributed by atoms with Crippen molar-refractivity contribution in [3.8, 4) is 11.3 Å². The van der Waals surface area contributed by atoms with Crippen LogP contribution in [0.3, 0.4) is 0 Å². The molecule has 32 heavy (non-hydrogen) atoms. The largest absolute Gasteiger partial charge is 0.338 e. The van der Waals surface area contributed by atoms with E-state index in [4.69, 9.17) is 0 Å². The molecule has 1 aliphatic carbocycles. The molecule has 0 spiro atoms. The van der Waals surface area contributed by atoms with Crippen molar-refractivity contribution in [1.82, 2.24) is 14.7 Å². The standard InChI is InChI=1S/C25H23F2N3O2/c26-19-10-5-11-20(27)23(19)25(32)29-14-17-8-4-9-18(15-29)24(17)30-22(31)13-12-21(28-30)16-6-2-1-3-7-16/h1-3,5-7,10-13,17-18,24H,4,8-9,14-15H2/t17-,18+,24?. The van der Waals surface area contributed by atoms with Crippen molar-refractivity contribution >= 4 is 5.91 Å². The minimum absolute atomic E-state index is 0.00231. The minimum atomic E-state index is -0.851. The lowest BCUT2D eigenvalue weighted by molar-refractivity contribution is 0.0190. The summed E-state index contributed by atoms with van der Waals surface area (Å²) in [5.41, 5.74) is 0.959. The number of benzene rings is 2. The average molecular weight is 435 g/mol. The maximum Gasteiger partial charge on any atom is 0.267 e. The number of fused-ring (bicyclic) bond motifs is 2. The third kappa shape index (κ3) is 3.61. The number of hydrogen-bond donors (Lipinski definition) is 0. The molecule has 2 aliphatic rings. The summed E-state index contributed by atoms with van der Waals surface area (Å²) in [6.07, 6.45) is 2.65. The van der Waals surface area contributed by atoms with Crippen molar-refractivity contribution in [3.05, 3.63) is 88.2 Å². The molecule has 2 heterocycles. The van der Waals surface area contributed by atoms with E-state index < -0.39 is 23.1 Å². The molecule has 0 N–H and O–H groups in total. The Kier molecular flexibility index (Phi) is 5.33. The molecule has 1 unspecified atom stereocenters. The molecule has 0 radical (unpaired) electrons. The van der Waals surface area contributed by atoms with Crippen LogP contribution in [-0.4, -0.2) is 33.7 Å². The monoisotopic (exact) mass is 435 g/mol. The van der Waals surface area contributed by atoms with Gasteiger partial charge in [0.1, 0.15) is 17.2 Å². The van der Waals surface area contributed by atoms with Crippen molar-refractivity contribution in [2.75, 3.05) is 13.1 Å². The normalized spacial score (nSPS) is 22.6. The maximum absolute atomic E-state index is 14.2. The van der Waals surface area contributed by atoms with E-state index in [1.54, 1.807) is 15.6 Å². The Balaban J connectivity index is 1.46. The van der Waals surface area contributed by atoms with Crippen LogP contribution < -0.4 is 5.56 Å². The zero-order valence-electron chi connectivity index (χ0n) is 17.5. The minimum Gasteiger partial charge on any atom is -0.338 e. The molecule has 1 aromatic heterocycles. The van der Waals surface area contributed by atoms with Crippen molar-refractivity contribution in [3.63, 3.8) is 0 Å². The molecule has 5 nitrogen and oxygen atoms in total. The predicted octanol–water partition coefficient (Wildman–Crippen LogP) is 4.30. The maximum atomic E-state index is 14.2. The Morgan fingerprint density at radius 1 is 0.875 bits per heavy atom. The second-order valence-electron chi connectivity index (χ2n) is 8.62. The van der Waals surface area contributed by atoms with Gasteiger partial charge in [0.15, 0.2) is 0 Å². The topological polar surface area (TPSA) is 55.2 Å². The van der Waals surface area contributed by atoms with Crippen LogP contribution in [0.25, 0.3) is 11.3 Å². The molecular weight excluding hydrogens is 412 g/mol. The molecule has 2 fully saturated rings. The van der Waals surface area contributed by atoms with Gasteiger partial charge in [-0.25, -0.2) is 13.5 Å². The summed E-state index contributed by atoms with van der Waals surface area (Å²) in [6, 6.07) is 16.2. The van der Waals surface area contributed by atoms with Gasteiger partial charge in [0.05, 0.1) is 11.7 Å². The first kappa shape index (κ1) is 20.5. The van der Waals surface area contributed by atoms with Crippen molar-refractivity contribution < 1.29 is 13.6 Å². The van der Waals surface area contributed by atoms with E-state index in [0.717, 1.165) is 42.7 Å². The summed E-state index contributed by atoms with van der Waals surface area (Å²) in [5, 5.41) is 4.69. The predicted molar refractivity (Wildman–Crippen MR) is 116 cm³/mol. The van der Waals surface area contributed by atoms with Crippen LogP contribution in [0, 0.1) is 23.5 Å². The van der Waals surface area contributed by atoms with E-state index in [1.807, 2.05) is 30.3 Å². The highest BCUT2D eigenvalue weighted by Gasteiger charge is 2.43. The number of piperidine rings is 1. The molecular formula is C25H23F2N3O2. The lowest BCUT2D eigenvalue weighted by Crippen LogP contribution is -2.53. The first-order valence-electron chi connectivity index (χ1n) is 10.9. The van der Waals surface area contributed by atoms with Gasteiger partial charge in [-0.1, -0.05) is 42.8 Å². The Labute approximate surface area is 184 Å². The molecule has 2 aromatic carbocycles. The summed E-state index contributed by atoms with van der Waals surface area (Å²) in [6.45, 7) is 0.689. The number of carbonyl (C=O) groups excluding carboxylic acids is 1. The highest BCUT2D eigenvalue weighted by molar-refractivity contribution is 5.94. The van der Waals surface area contributed by atoms with Crippen molar-refractivity contribution in [2.45, 2.75) is 25.3 Å². The van der Waals surface area contributed by atoms with Crippen LogP contribution in [0.1, 0.15) is 35.7 Å². The SMILES string of the molecule is O=C(c1c(F)cccc1F)N1C[C@H]2CCC[C@@H](C1)C2n1nc(-c2ccccc2)ccc1=O. The molecule has 3 atom stereocenters. The molecule has 1 aliphatic heterocycles. The fourth-order valence-corrected chi connectivity index (χ4v) is 5.24. The quantitative estimate of drug-likeness (QED) is 0.616. The zero-order chi connectivity index (χ0) is 22.2. The number of nitrogens with zero attached hydrogens (tertiary/aromatic N) is 3. The second-order valence-corrected chi connectivity index (χ2v) is 8.62. The number of carbonyl (C=O) groups is 1. The van der Waals surface area contributed by atoms with Gasteiger partial charge in [-0.15, -0.1) is 0 Å². The van der Waals surface area contributed by atoms with Crippen molar-refractivity contribution in [1.29, 1.82) is 0 Å². The molecule has 2 bridgehead atoms. The van der Waals surface area contributed by atoms with Crippen LogP contribution in [0.5, 0.6) is 0 Å². The van der Waals surface area contributed by atoms with E-state index in [2.05, 4.69) is 5.10 Å². The molecule has 5 rings (SSSR count). The van der Waals surface area contributed by atoms with E-state index in [0.29, 0.717) is 13.1 Å². The fourth-order valence-electron chi connectivity index (χ4n) is 5.24. The summed E-state index contributed by atoms with van der Waals surface area (Å²) < 4.78 is 30.0. The van der Waals surface area contributed by atoms with Gasteiger partial charge in [-0.2, -0.15) is 5.10 Å². The summed E-state index contributed by atoms with van der Waals surface area (Å²) in [5.74, 6) is -2.34. The Morgan fingerprint density at radius 2 is 1.53 bits per heavy atom. The van der Waals surface area contributed by atoms with Gasteiger partial charge in [-0.3, -0.25) is 9.59 Å². The average Bonchev–Trinajstić information content (AvgIpc) is 2.79.